The average Bonchev–Trinajstić information content (AvgIpc) is 3.42. The van der Waals surface area contributed by atoms with Gasteiger partial charge in [-0.05, 0) is 96.0 Å². The van der Waals surface area contributed by atoms with E-state index >= 15 is 0 Å². The summed E-state index contributed by atoms with van der Waals surface area (Å²) >= 11 is 0. The SMILES string of the molecule is CC(C)Cc1ccc(C(Nc2cccc(C(=O)n3cc(CCCCCC(=O)O)c4ccccc43)c2)c2ccc(CC(C)C)cc2)cc1. The van der Waals surface area contributed by atoms with Gasteiger partial charge in [0, 0.05) is 29.3 Å². The van der Waals surface area contributed by atoms with Crippen LogP contribution in [0.2, 0.25) is 0 Å². The highest BCUT2D eigenvalue weighted by atomic mass is 16.4. The largest absolute Gasteiger partial charge is 0.481 e. The van der Waals surface area contributed by atoms with Crippen LogP contribution in [0.4, 0.5) is 5.69 Å². The van der Waals surface area contributed by atoms with Gasteiger partial charge in [0.05, 0.1) is 11.6 Å². The van der Waals surface area contributed by atoms with Crippen molar-refractivity contribution in [2.24, 2.45) is 11.8 Å². The van der Waals surface area contributed by atoms with Crippen LogP contribution in [0.1, 0.15) is 97.6 Å². The highest BCUT2D eigenvalue weighted by molar-refractivity contribution is 6.03. The lowest BCUT2D eigenvalue weighted by atomic mass is 9.93. The van der Waals surface area contributed by atoms with Crippen molar-refractivity contribution < 1.29 is 14.7 Å². The second-order valence-electron chi connectivity index (χ2n) is 13.6. The Labute approximate surface area is 279 Å². The molecule has 1 heterocycles. The molecule has 2 N–H and O–H groups in total. The average molecular weight is 629 g/mol. The maximum Gasteiger partial charge on any atom is 0.303 e. The third-order valence-corrected chi connectivity index (χ3v) is 8.68. The smallest absolute Gasteiger partial charge is 0.303 e. The molecule has 244 valence electrons. The highest BCUT2D eigenvalue weighted by Crippen LogP contribution is 2.30. The lowest BCUT2D eigenvalue weighted by Gasteiger charge is -2.22. The van der Waals surface area contributed by atoms with Gasteiger partial charge in [-0.25, -0.2) is 0 Å². The first kappa shape index (κ1) is 33.7. The van der Waals surface area contributed by atoms with E-state index < -0.39 is 5.97 Å². The molecule has 0 aliphatic rings. The molecule has 0 aliphatic heterocycles. The number of carbonyl (C=O) groups is 2. The van der Waals surface area contributed by atoms with Crippen LogP contribution in [0.15, 0.2) is 103 Å². The number of carbonyl (C=O) groups excluding carboxylic acids is 1. The van der Waals surface area contributed by atoms with Crippen LogP contribution in [0.5, 0.6) is 0 Å². The van der Waals surface area contributed by atoms with Crippen molar-refractivity contribution in [3.05, 3.63) is 137 Å². The summed E-state index contributed by atoms with van der Waals surface area (Å²) in [4.78, 5) is 24.9. The van der Waals surface area contributed by atoms with E-state index in [1.807, 2.05) is 48.7 Å². The highest BCUT2D eigenvalue weighted by Gasteiger charge is 2.18. The van der Waals surface area contributed by atoms with Crippen LogP contribution in [-0.2, 0) is 24.1 Å². The number of carboxylic acid groups (broad SMARTS) is 1. The minimum Gasteiger partial charge on any atom is -0.481 e. The molecule has 0 fully saturated rings. The summed E-state index contributed by atoms with van der Waals surface area (Å²) < 4.78 is 1.76. The van der Waals surface area contributed by atoms with Crippen LogP contribution in [0.3, 0.4) is 0 Å². The number of aryl methyl sites for hydroxylation is 1. The number of anilines is 1. The third-order valence-electron chi connectivity index (χ3n) is 8.68. The first-order valence-corrected chi connectivity index (χ1v) is 17.1. The number of hydrogen-bond acceptors (Lipinski definition) is 3. The Hall–Kier alpha value is -4.64. The number of para-hydroxylation sites is 1. The molecule has 0 unspecified atom stereocenters. The summed E-state index contributed by atoms with van der Waals surface area (Å²) in [5, 5.41) is 13.8. The topological polar surface area (TPSA) is 71.3 Å². The van der Waals surface area contributed by atoms with Crippen LogP contribution in [0, 0.1) is 11.8 Å². The lowest BCUT2D eigenvalue weighted by Crippen LogP contribution is -2.14. The van der Waals surface area contributed by atoms with E-state index in [0.29, 0.717) is 23.8 Å². The Bertz CT molecular complexity index is 1730. The number of nitrogens with one attached hydrogen (secondary N) is 1. The molecule has 47 heavy (non-hydrogen) atoms. The number of unbranched alkanes of at least 4 members (excludes halogenated alkanes) is 2. The molecule has 0 saturated heterocycles. The molecular formula is C42H48N2O3. The fourth-order valence-electron chi connectivity index (χ4n) is 6.43. The number of carboxylic acids is 1. The number of fused-ring (bicyclic) bond motifs is 1. The summed E-state index contributed by atoms with van der Waals surface area (Å²) in [6.07, 6.45) is 7.44. The van der Waals surface area contributed by atoms with Crippen LogP contribution in [-0.4, -0.2) is 21.6 Å². The van der Waals surface area contributed by atoms with Crippen LogP contribution < -0.4 is 5.32 Å². The van der Waals surface area contributed by atoms with E-state index in [2.05, 4.69) is 87.6 Å². The van der Waals surface area contributed by atoms with Crippen molar-refractivity contribution in [2.45, 2.75) is 78.7 Å². The van der Waals surface area contributed by atoms with E-state index in [1.165, 1.54) is 22.3 Å². The van der Waals surface area contributed by atoms with Crippen molar-refractivity contribution in [3.63, 3.8) is 0 Å². The molecule has 0 radical (unpaired) electrons. The Morgan fingerprint density at radius 3 is 1.94 bits per heavy atom. The van der Waals surface area contributed by atoms with Gasteiger partial charge in [0.2, 0.25) is 0 Å². The fraction of sp³-hybridized carbons (Fsp3) is 0.333. The maximum absolute atomic E-state index is 14.0. The minimum absolute atomic E-state index is 0.0744. The Balaban J connectivity index is 1.41. The number of aliphatic carboxylic acids is 1. The minimum atomic E-state index is -0.755. The van der Waals surface area contributed by atoms with Gasteiger partial charge in [-0.2, -0.15) is 0 Å². The van der Waals surface area contributed by atoms with Gasteiger partial charge in [-0.15, -0.1) is 0 Å². The molecule has 5 aromatic rings. The third kappa shape index (κ3) is 9.00. The maximum atomic E-state index is 14.0. The van der Waals surface area contributed by atoms with Gasteiger partial charge in [0.1, 0.15) is 0 Å². The van der Waals surface area contributed by atoms with Gasteiger partial charge in [0.25, 0.3) is 5.91 Å². The molecule has 0 aliphatic carbocycles. The summed E-state index contributed by atoms with van der Waals surface area (Å²) in [5.74, 6) is 0.366. The second-order valence-corrected chi connectivity index (χ2v) is 13.6. The molecular weight excluding hydrogens is 580 g/mol. The second kappa shape index (κ2) is 15.8. The van der Waals surface area contributed by atoms with E-state index in [0.717, 1.165) is 54.3 Å². The molecule has 4 aromatic carbocycles. The van der Waals surface area contributed by atoms with Crippen LogP contribution in [0.25, 0.3) is 10.9 Å². The molecule has 0 spiro atoms. The zero-order valence-corrected chi connectivity index (χ0v) is 28.2. The molecule has 5 heteroatoms. The molecule has 1 aromatic heterocycles. The summed E-state index contributed by atoms with van der Waals surface area (Å²) in [6.45, 7) is 8.98. The number of aromatic nitrogens is 1. The first-order chi connectivity index (χ1) is 22.7. The van der Waals surface area contributed by atoms with Gasteiger partial charge in [-0.1, -0.05) is 107 Å². The molecule has 0 atom stereocenters. The standard InChI is InChI=1S/C42H48N2O3/c1-29(2)25-31-17-21-33(22-18-31)41(34-23-19-32(20-24-34)26-30(3)4)43-37-13-10-12-35(27-37)42(47)44-28-36(11-6-5-7-16-40(45)46)38-14-8-9-15-39(38)44/h8-10,12-15,17-24,27-30,41,43H,5-7,11,16,25-26H2,1-4H3,(H,45,46). The molecule has 0 saturated carbocycles. The van der Waals surface area contributed by atoms with Crippen LogP contribution >= 0.6 is 0 Å². The molecule has 5 nitrogen and oxygen atoms in total. The Morgan fingerprint density at radius 2 is 1.34 bits per heavy atom. The summed E-state index contributed by atoms with van der Waals surface area (Å²) in [5.41, 5.74) is 8.51. The van der Waals surface area contributed by atoms with Gasteiger partial charge in [-0.3, -0.25) is 14.2 Å². The zero-order chi connectivity index (χ0) is 33.3. The van der Waals surface area contributed by atoms with Gasteiger partial charge in [0.15, 0.2) is 0 Å². The molecule has 0 bridgehead atoms. The Morgan fingerprint density at radius 1 is 0.723 bits per heavy atom. The number of nitrogens with zero attached hydrogens (tertiary/aromatic N) is 1. The number of benzene rings is 4. The first-order valence-electron chi connectivity index (χ1n) is 17.1. The lowest BCUT2D eigenvalue weighted by molar-refractivity contribution is -0.137. The quantitative estimate of drug-likeness (QED) is 0.113. The normalized spacial score (nSPS) is 11.6. The predicted octanol–water partition coefficient (Wildman–Crippen LogP) is 10.1. The molecule has 0 amide bonds. The number of rotatable bonds is 15. The van der Waals surface area contributed by atoms with Crippen molar-refractivity contribution in [1.29, 1.82) is 0 Å². The fourth-order valence-corrected chi connectivity index (χ4v) is 6.43. The molecule has 5 rings (SSSR count). The van der Waals surface area contributed by atoms with Crippen molar-refractivity contribution >= 4 is 28.5 Å². The summed E-state index contributed by atoms with van der Waals surface area (Å²) in [6, 6.07) is 33.6. The van der Waals surface area contributed by atoms with E-state index in [9.17, 15) is 9.59 Å². The monoisotopic (exact) mass is 628 g/mol. The van der Waals surface area contributed by atoms with E-state index in [1.54, 1.807) is 4.57 Å². The van der Waals surface area contributed by atoms with E-state index in [-0.39, 0.29) is 18.4 Å². The van der Waals surface area contributed by atoms with Crippen molar-refractivity contribution in [1.82, 2.24) is 4.57 Å². The zero-order valence-electron chi connectivity index (χ0n) is 28.2. The van der Waals surface area contributed by atoms with Gasteiger partial charge < -0.3 is 10.4 Å². The Kier molecular flexibility index (Phi) is 11.3. The van der Waals surface area contributed by atoms with Gasteiger partial charge >= 0.3 is 5.97 Å². The number of hydrogen-bond donors (Lipinski definition) is 2. The van der Waals surface area contributed by atoms with E-state index in [4.69, 9.17) is 5.11 Å². The van der Waals surface area contributed by atoms with Crippen molar-refractivity contribution in [2.75, 3.05) is 5.32 Å². The summed E-state index contributed by atoms with van der Waals surface area (Å²) in [7, 11) is 0. The predicted molar refractivity (Wildman–Crippen MR) is 193 cm³/mol. The van der Waals surface area contributed by atoms with Crippen molar-refractivity contribution in [3.8, 4) is 0 Å².